The van der Waals surface area contributed by atoms with Gasteiger partial charge in [0, 0.05) is 17.4 Å². The van der Waals surface area contributed by atoms with Gasteiger partial charge in [-0.1, -0.05) is 47.1 Å². The van der Waals surface area contributed by atoms with Crippen LogP contribution in [0.15, 0.2) is 71.9 Å². The first kappa shape index (κ1) is 24.2. The quantitative estimate of drug-likeness (QED) is 0.395. The van der Waals surface area contributed by atoms with Gasteiger partial charge >= 0.3 is 0 Å². The van der Waals surface area contributed by atoms with Crippen LogP contribution in [0.25, 0.3) is 0 Å². The number of carbonyl (C=O) groups is 2. The van der Waals surface area contributed by atoms with Gasteiger partial charge in [-0.05, 0) is 54.3 Å². The number of oxime groups is 1. The minimum atomic E-state index is -0.601. The maximum atomic E-state index is 13.7. The van der Waals surface area contributed by atoms with Gasteiger partial charge < -0.3 is 14.3 Å². The lowest BCUT2D eigenvalue weighted by molar-refractivity contribution is -0.125. The van der Waals surface area contributed by atoms with E-state index in [9.17, 15) is 14.0 Å². The summed E-state index contributed by atoms with van der Waals surface area (Å²) in [5, 5.41) is 4.30. The van der Waals surface area contributed by atoms with Crippen molar-refractivity contribution in [1.29, 1.82) is 0 Å². The third-order valence-corrected chi connectivity index (χ3v) is 8.84. The molecule has 6 atom stereocenters. The van der Waals surface area contributed by atoms with E-state index in [4.69, 9.17) is 25.9 Å². The molecule has 1 saturated heterocycles. The highest BCUT2D eigenvalue weighted by Gasteiger charge is 2.70. The van der Waals surface area contributed by atoms with Crippen LogP contribution in [0.3, 0.4) is 0 Å². The third-order valence-electron chi connectivity index (χ3n) is 8.55. The molecule has 6 unspecified atom stereocenters. The fraction of sp³-hybridized carbons (Fsp3) is 0.300. The van der Waals surface area contributed by atoms with Crippen LogP contribution in [-0.2, 0) is 21.0 Å². The summed E-state index contributed by atoms with van der Waals surface area (Å²) in [5.74, 6) is -1.27. The van der Waals surface area contributed by atoms with E-state index in [2.05, 4.69) is 5.16 Å². The molecule has 0 N–H and O–H groups in total. The van der Waals surface area contributed by atoms with Gasteiger partial charge in [-0.15, -0.1) is 0 Å². The molecule has 2 saturated carbocycles. The van der Waals surface area contributed by atoms with Crippen molar-refractivity contribution >= 4 is 34.8 Å². The van der Waals surface area contributed by atoms with E-state index >= 15 is 0 Å². The number of nitrogens with zero attached hydrogens (tertiary/aromatic N) is 2. The number of methoxy groups -OCH3 is 1. The number of halogens is 2. The summed E-state index contributed by atoms with van der Waals surface area (Å²) in [5.41, 5.74) is 2.92. The summed E-state index contributed by atoms with van der Waals surface area (Å²) < 4.78 is 25.4. The number of imide groups is 1. The molecular formula is C30H24ClFN2O5. The highest BCUT2D eigenvalue weighted by atomic mass is 35.5. The molecule has 2 heterocycles. The van der Waals surface area contributed by atoms with E-state index in [0.29, 0.717) is 30.2 Å². The Morgan fingerprint density at radius 2 is 1.74 bits per heavy atom. The number of benzene rings is 3. The highest BCUT2D eigenvalue weighted by Crippen LogP contribution is 2.62. The number of carbonyl (C=O) groups excluding carboxylic acids is 2. The van der Waals surface area contributed by atoms with Crippen molar-refractivity contribution in [2.75, 3.05) is 12.0 Å². The number of ether oxygens (including phenoxy) is 2. The zero-order chi connectivity index (χ0) is 26.8. The van der Waals surface area contributed by atoms with Gasteiger partial charge in [-0.25, -0.2) is 9.29 Å². The van der Waals surface area contributed by atoms with Gasteiger partial charge in [0.25, 0.3) is 0 Å². The molecule has 0 spiro atoms. The summed E-state index contributed by atoms with van der Waals surface area (Å²) in [6.45, 7) is 0.407. The monoisotopic (exact) mass is 546 g/mol. The normalized spacial score (nSPS) is 28.3. The van der Waals surface area contributed by atoms with Crippen LogP contribution in [0.5, 0.6) is 11.5 Å². The first-order valence-corrected chi connectivity index (χ1v) is 13.3. The number of hydrogen-bond donors (Lipinski definition) is 0. The van der Waals surface area contributed by atoms with E-state index in [1.807, 2.05) is 48.5 Å². The lowest BCUT2D eigenvalue weighted by atomic mass is 9.71. The Kier molecular flexibility index (Phi) is 5.63. The highest BCUT2D eigenvalue weighted by molar-refractivity contribution is 6.31. The van der Waals surface area contributed by atoms with E-state index in [0.717, 1.165) is 16.8 Å². The third kappa shape index (κ3) is 3.65. The molecule has 4 aliphatic rings. The van der Waals surface area contributed by atoms with Gasteiger partial charge in [0.05, 0.1) is 35.4 Å². The minimum absolute atomic E-state index is 0.0939. The van der Waals surface area contributed by atoms with E-state index in [1.54, 1.807) is 7.11 Å². The predicted octanol–water partition coefficient (Wildman–Crippen LogP) is 5.24. The lowest BCUT2D eigenvalue weighted by Gasteiger charge is -2.29. The summed E-state index contributed by atoms with van der Waals surface area (Å²) in [6.07, 6.45) is 0.439. The Bertz CT molecular complexity index is 1530. The van der Waals surface area contributed by atoms with E-state index in [-0.39, 0.29) is 40.7 Å². The maximum Gasteiger partial charge on any atom is 0.238 e. The Balaban J connectivity index is 1.14. The van der Waals surface area contributed by atoms with Crippen molar-refractivity contribution in [2.45, 2.75) is 19.1 Å². The number of rotatable bonds is 6. The molecule has 2 bridgehead atoms. The van der Waals surface area contributed by atoms with Crippen molar-refractivity contribution in [3.63, 3.8) is 0 Å². The molecule has 3 fully saturated rings. The predicted molar refractivity (Wildman–Crippen MR) is 141 cm³/mol. The molecule has 0 aromatic heterocycles. The van der Waals surface area contributed by atoms with Crippen LogP contribution in [0, 0.1) is 35.4 Å². The van der Waals surface area contributed by atoms with Crippen molar-refractivity contribution in [3.8, 4) is 11.5 Å². The molecule has 7 rings (SSSR count). The number of anilines is 1. The molecular weight excluding hydrogens is 523 g/mol. The summed E-state index contributed by atoms with van der Waals surface area (Å²) in [7, 11) is 1.59. The van der Waals surface area contributed by atoms with Crippen molar-refractivity contribution in [2.24, 2.45) is 34.7 Å². The molecule has 3 aromatic carbocycles. The fourth-order valence-electron chi connectivity index (χ4n) is 6.92. The molecule has 7 nitrogen and oxygen atoms in total. The number of fused-ring (bicyclic) bond motifs is 8. The van der Waals surface area contributed by atoms with Gasteiger partial charge in [0.2, 0.25) is 11.8 Å². The first-order valence-electron chi connectivity index (χ1n) is 12.9. The standard InChI is InChI=1S/C30H24ClFN2O5/c1-37-23-11-16(7-10-22(23)38-14-15-5-3-2-4-6-15)27-26-18-13-19(28(26)39-33-27)25-24(18)29(35)34(30(25)36)17-8-9-21(32)20(31)12-17/h2-12,18-19,24-26,28H,13-14H2,1H3. The SMILES string of the molecule is COc1cc(C2=NOC3C4CC(C23)C2C(=O)N(c3ccc(F)c(Cl)c3)C(=O)C42)ccc1OCc1ccccc1. The van der Waals surface area contributed by atoms with Crippen molar-refractivity contribution in [1.82, 2.24) is 0 Å². The van der Waals surface area contributed by atoms with Gasteiger partial charge in [-0.2, -0.15) is 0 Å². The number of amides is 2. The minimum Gasteiger partial charge on any atom is -0.493 e. The van der Waals surface area contributed by atoms with Gasteiger partial charge in [-0.3, -0.25) is 9.59 Å². The first-order chi connectivity index (χ1) is 19.0. The zero-order valence-electron chi connectivity index (χ0n) is 20.9. The van der Waals surface area contributed by atoms with E-state index in [1.165, 1.54) is 23.1 Å². The Morgan fingerprint density at radius 1 is 0.974 bits per heavy atom. The average molecular weight is 547 g/mol. The molecule has 2 aliphatic carbocycles. The van der Waals surface area contributed by atoms with Crippen LogP contribution < -0.4 is 14.4 Å². The summed E-state index contributed by atoms with van der Waals surface area (Å²) >= 11 is 5.95. The Morgan fingerprint density at radius 3 is 2.49 bits per heavy atom. The average Bonchev–Trinajstić information content (AvgIpc) is 3.70. The van der Waals surface area contributed by atoms with E-state index < -0.39 is 17.7 Å². The van der Waals surface area contributed by atoms with Crippen LogP contribution in [0.4, 0.5) is 10.1 Å². The largest absolute Gasteiger partial charge is 0.493 e. The summed E-state index contributed by atoms with van der Waals surface area (Å²) in [6, 6.07) is 19.4. The molecule has 39 heavy (non-hydrogen) atoms. The molecule has 198 valence electrons. The molecule has 2 amide bonds. The zero-order valence-corrected chi connectivity index (χ0v) is 21.7. The second-order valence-electron chi connectivity index (χ2n) is 10.4. The van der Waals surface area contributed by atoms with Crippen LogP contribution >= 0.6 is 11.6 Å². The fourth-order valence-corrected chi connectivity index (χ4v) is 7.10. The van der Waals surface area contributed by atoms with Gasteiger partial charge in [0.1, 0.15) is 18.5 Å². The summed E-state index contributed by atoms with van der Waals surface area (Å²) in [4.78, 5) is 34.1. The van der Waals surface area contributed by atoms with Crippen LogP contribution in [-0.4, -0.2) is 30.7 Å². The number of hydrogen-bond acceptors (Lipinski definition) is 6. The van der Waals surface area contributed by atoms with Crippen LogP contribution in [0.1, 0.15) is 17.5 Å². The molecule has 0 radical (unpaired) electrons. The Labute approximate surface area is 229 Å². The molecule has 2 aliphatic heterocycles. The Hall–Kier alpha value is -3.91. The van der Waals surface area contributed by atoms with Crippen LogP contribution in [0.2, 0.25) is 5.02 Å². The second kappa shape index (κ2) is 9.09. The molecule has 3 aromatic rings. The van der Waals surface area contributed by atoms with Crippen molar-refractivity contribution < 1.29 is 28.3 Å². The molecule has 9 heteroatoms. The topological polar surface area (TPSA) is 77.4 Å². The lowest BCUT2D eigenvalue weighted by Crippen LogP contribution is -2.41. The smallest absolute Gasteiger partial charge is 0.238 e. The maximum absolute atomic E-state index is 13.7. The van der Waals surface area contributed by atoms with Gasteiger partial charge in [0.15, 0.2) is 11.5 Å². The second-order valence-corrected chi connectivity index (χ2v) is 10.8. The van der Waals surface area contributed by atoms with Crippen molar-refractivity contribution in [3.05, 3.63) is 88.7 Å².